The van der Waals surface area contributed by atoms with Gasteiger partial charge >= 0.3 is 0 Å². The van der Waals surface area contributed by atoms with Gasteiger partial charge in [-0.15, -0.1) is 0 Å². The molecular formula is C30H31FN4O3. The van der Waals surface area contributed by atoms with E-state index >= 15 is 0 Å². The summed E-state index contributed by atoms with van der Waals surface area (Å²) in [6.45, 7) is 2.20. The maximum Gasteiger partial charge on any atom is 0.254 e. The molecule has 38 heavy (non-hydrogen) atoms. The normalized spacial score (nSPS) is 13.2. The van der Waals surface area contributed by atoms with Crippen molar-refractivity contribution in [2.75, 3.05) is 27.8 Å². The first-order valence-electron chi connectivity index (χ1n) is 12.6. The highest BCUT2D eigenvalue weighted by Crippen LogP contribution is 2.31. The van der Waals surface area contributed by atoms with Gasteiger partial charge in [-0.1, -0.05) is 36.4 Å². The molecule has 196 valence electrons. The summed E-state index contributed by atoms with van der Waals surface area (Å²) in [4.78, 5) is 17.2. The molecule has 0 atom stereocenters. The standard InChI is InChI=1S/C30H31FN4O3/c1-33(30(36)21-10-8-11-23(17-21)37-2)20-26-24-19-34(18-22-9-4-5-12-25(22)31)16-15-27(24)35(32-26)28-13-6-7-14-29(28)38-3/h4-14,17H,15-16,18-20H2,1-3H3. The number of para-hydroxylation sites is 2. The molecule has 0 unspecified atom stereocenters. The first-order valence-corrected chi connectivity index (χ1v) is 12.6. The van der Waals surface area contributed by atoms with Gasteiger partial charge in [-0.05, 0) is 36.4 Å². The van der Waals surface area contributed by atoms with Gasteiger partial charge in [0.2, 0.25) is 0 Å². The fraction of sp³-hybridized carbons (Fsp3) is 0.267. The van der Waals surface area contributed by atoms with E-state index in [4.69, 9.17) is 14.6 Å². The zero-order valence-electron chi connectivity index (χ0n) is 21.9. The molecule has 7 nitrogen and oxygen atoms in total. The minimum atomic E-state index is -0.202. The van der Waals surface area contributed by atoms with E-state index < -0.39 is 0 Å². The van der Waals surface area contributed by atoms with Crippen molar-refractivity contribution < 1.29 is 18.7 Å². The molecule has 8 heteroatoms. The Hall–Kier alpha value is -4.17. The van der Waals surface area contributed by atoms with Crippen molar-refractivity contribution in [2.24, 2.45) is 0 Å². The topological polar surface area (TPSA) is 59.8 Å². The quantitative estimate of drug-likeness (QED) is 0.336. The third-order valence-electron chi connectivity index (χ3n) is 6.94. The first kappa shape index (κ1) is 25.5. The minimum Gasteiger partial charge on any atom is -0.497 e. The van der Waals surface area contributed by atoms with Gasteiger partial charge in [-0.25, -0.2) is 9.07 Å². The fourth-order valence-electron chi connectivity index (χ4n) is 4.95. The highest BCUT2D eigenvalue weighted by atomic mass is 19.1. The molecule has 0 saturated carbocycles. The SMILES string of the molecule is COc1cccc(C(=O)N(C)Cc2nn(-c3ccccc3OC)c3c2CN(Cc2ccccc2F)CC3)c1. The predicted molar refractivity (Wildman–Crippen MR) is 143 cm³/mol. The van der Waals surface area contributed by atoms with Gasteiger partial charge in [0, 0.05) is 49.8 Å². The van der Waals surface area contributed by atoms with Crippen LogP contribution in [0.4, 0.5) is 4.39 Å². The van der Waals surface area contributed by atoms with Crippen molar-refractivity contribution >= 4 is 5.91 Å². The summed E-state index contributed by atoms with van der Waals surface area (Å²) < 4.78 is 27.2. The first-order chi connectivity index (χ1) is 18.5. The second kappa shape index (κ2) is 11.1. The zero-order valence-corrected chi connectivity index (χ0v) is 21.9. The number of carbonyl (C=O) groups excluding carboxylic acids is 1. The summed E-state index contributed by atoms with van der Waals surface area (Å²) in [5.41, 5.74) is 5.01. The van der Waals surface area contributed by atoms with Crippen molar-refractivity contribution in [1.82, 2.24) is 19.6 Å². The molecule has 1 amide bonds. The van der Waals surface area contributed by atoms with Crippen LogP contribution in [0.5, 0.6) is 11.5 Å². The van der Waals surface area contributed by atoms with Gasteiger partial charge < -0.3 is 14.4 Å². The lowest BCUT2D eigenvalue weighted by Gasteiger charge is -2.28. The number of ether oxygens (including phenoxy) is 2. The molecule has 0 spiro atoms. The number of carbonyl (C=O) groups is 1. The van der Waals surface area contributed by atoms with Crippen LogP contribution in [-0.4, -0.2) is 53.3 Å². The Kier molecular flexibility index (Phi) is 7.42. The number of halogens is 1. The van der Waals surface area contributed by atoms with Crippen LogP contribution < -0.4 is 9.47 Å². The monoisotopic (exact) mass is 514 g/mol. The van der Waals surface area contributed by atoms with E-state index in [0.717, 1.165) is 41.4 Å². The summed E-state index contributed by atoms with van der Waals surface area (Å²) in [5.74, 6) is 1.03. The molecule has 0 fully saturated rings. The highest BCUT2D eigenvalue weighted by Gasteiger charge is 2.28. The van der Waals surface area contributed by atoms with Crippen molar-refractivity contribution in [1.29, 1.82) is 0 Å². The van der Waals surface area contributed by atoms with Gasteiger partial charge in [0.25, 0.3) is 5.91 Å². The fourth-order valence-corrected chi connectivity index (χ4v) is 4.95. The average molecular weight is 515 g/mol. The molecule has 5 rings (SSSR count). The summed E-state index contributed by atoms with van der Waals surface area (Å²) >= 11 is 0. The van der Waals surface area contributed by atoms with E-state index in [1.165, 1.54) is 6.07 Å². The van der Waals surface area contributed by atoms with Crippen LogP contribution in [0, 0.1) is 5.82 Å². The van der Waals surface area contributed by atoms with Crippen LogP contribution in [0.1, 0.15) is 32.9 Å². The third kappa shape index (κ3) is 5.13. The Balaban J connectivity index is 1.48. The van der Waals surface area contributed by atoms with E-state index in [-0.39, 0.29) is 11.7 Å². The number of benzene rings is 3. The Morgan fingerprint density at radius 3 is 2.61 bits per heavy atom. The number of amides is 1. The molecule has 2 heterocycles. The second-order valence-electron chi connectivity index (χ2n) is 9.40. The lowest BCUT2D eigenvalue weighted by atomic mass is 10.0. The number of hydrogen-bond acceptors (Lipinski definition) is 5. The molecule has 0 N–H and O–H groups in total. The smallest absolute Gasteiger partial charge is 0.254 e. The summed E-state index contributed by atoms with van der Waals surface area (Å²) in [7, 11) is 5.00. The van der Waals surface area contributed by atoms with Gasteiger partial charge in [0.1, 0.15) is 23.0 Å². The van der Waals surface area contributed by atoms with Gasteiger partial charge in [-0.2, -0.15) is 5.10 Å². The van der Waals surface area contributed by atoms with Crippen molar-refractivity contribution in [3.05, 3.63) is 107 Å². The molecule has 0 saturated heterocycles. The number of hydrogen-bond donors (Lipinski definition) is 0. The van der Waals surface area contributed by atoms with Crippen molar-refractivity contribution in [3.8, 4) is 17.2 Å². The van der Waals surface area contributed by atoms with Crippen LogP contribution in [0.2, 0.25) is 0 Å². The molecule has 3 aromatic carbocycles. The Morgan fingerprint density at radius 1 is 1.03 bits per heavy atom. The molecule has 1 aromatic heterocycles. The summed E-state index contributed by atoms with van der Waals surface area (Å²) in [6.07, 6.45) is 0.738. The molecule has 1 aliphatic rings. The Morgan fingerprint density at radius 2 is 1.82 bits per heavy atom. The number of nitrogens with zero attached hydrogens (tertiary/aromatic N) is 4. The predicted octanol–water partition coefficient (Wildman–Crippen LogP) is 4.86. The number of methoxy groups -OCH3 is 2. The molecule has 0 bridgehead atoms. The van der Waals surface area contributed by atoms with Crippen LogP contribution in [0.15, 0.2) is 72.8 Å². The number of aromatic nitrogens is 2. The van der Waals surface area contributed by atoms with Crippen LogP contribution >= 0.6 is 0 Å². The number of rotatable bonds is 8. The molecular weight excluding hydrogens is 483 g/mol. The number of fused-ring (bicyclic) bond motifs is 1. The molecule has 0 aliphatic carbocycles. The van der Waals surface area contributed by atoms with E-state index in [9.17, 15) is 9.18 Å². The van der Waals surface area contributed by atoms with Crippen LogP contribution in [-0.2, 0) is 26.1 Å². The lowest BCUT2D eigenvalue weighted by molar-refractivity contribution is 0.0782. The Labute approximate surface area is 222 Å². The van der Waals surface area contributed by atoms with Crippen LogP contribution in [0.25, 0.3) is 5.69 Å². The molecule has 4 aromatic rings. The van der Waals surface area contributed by atoms with Crippen molar-refractivity contribution in [2.45, 2.75) is 26.1 Å². The van der Waals surface area contributed by atoms with Crippen LogP contribution in [0.3, 0.4) is 0 Å². The van der Waals surface area contributed by atoms with Gasteiger partial charge in [0.05, 0.1) is 32.2 Å². The molecule has 1 aliphatic heterocycles. The third-order valence-corrected chi connectivity index (χ3v) is 6.94. The van der Waals surface area contributed by atoms with E-state index in [2.05, 4.69) is 4.90 Å². The Bertz CT molecular complexity index is 1450. The highest BCUT2D eigenvalue weighted by molar-refractivity contribution is 5.94. The summed E-state index contributed by atoms with van der Waals surface area (Å²) in [5, 5.41) is 5.00. The molecule has 0 radical (unpaired) electrons. The van der Waals surface area contributed by atoms with Gasteiger partial charge in [-0.3, -0.25) is 9.69 Å². The maximum absolute atomic E-state index is 14.4. The van der Waals surface area contributed by atoms with E-state index in [1.54, 1.807) is 50.4 Å². The van der Waals surface area contributed by atoms with E-state index in [1.807, 2.05) is 47.1 Å². The van der Waals surface area contributed by atoms with Crippen molar-refractivity contribution in [3.63, 3.8) is 0 Å². The minimum absolute atomic E-state index is 0.122. The van der Waals surface area contributed by atoms with E-state index in [0.29, 0.717) is 36.5 Å². The summed E-state index contributed by atoms with van der Waals surface area (Å²) in [6, 6.07) is 21.8. The zero-order chi connectivity index (χ0) is 26.6. The largest absolute Gasteiger partial charge is 0.497 e. The second-order valence-corrected chi connectivity index (χ2v) is 9.40. The lowest BCUT2D eigenvalue weighted by Crippen LogP contribution is -2.32. The van der Waals surface area contributed by atoms with Gasteiger partial charge in [0.15, 0.2) is 0 Å². The average Bonchev–Trinajstić information content (AvgIpc) is 3.31. The maximum atomic E-state index is 14.4.